The van der Waals surface area contributed by atoms with Crippen LogP contribution in [0.1, 0.15) is 18.5 Å². The molecule has 9 heteroatoms. The summed E-state index contributed by atoms with van der Waals surface area (Å²) < 4.78 is 38.2. The first kappa shape index (κ1) is 20.1. The highest BCUT2D eigenvalue weighted by Crippen LogP contribution is 2.33. The molecule has 1 atom stereocenters. The van der Waals surface area contributed by atoms with Crippen LogP contribution in [0.4, 0.5) is 0 Å². The van der Waals surface area contributed by atoms with E-state index >= 15 is 0 Å². The molecule has 0 spiro atoms. The van der Waals surface area contributed by atoms with E-state index in [1.54, 1.807) is 25.1 Å². The van der Waals surface area contributed by atoms with Gasteiger partial charge in [0.15, 0.2) is 11.5 Å². The Morgan fingerprint density at radius 2 is 1.52 bits per heavy atom. The molecular weight excluding hydrogens is 409 g/mol. The molecule has 0 fully saturated rings. The van der Waals surface area contributed by atoms with E-state index in [-0.39, 0.29) is 20.0 Å². The van der Waals surface area contributed by atoms with E-state index in [2.05, 4.69) is 4.72 Å². The Kier molecular flexibility index (Phi) is 6.45. The Labute approximate surface area is 161 Å². The van der Waals surface area contributed by atoms with Crippen LogP contribution in [0.2, 0.25) is 15.1 Å². The maximum atomic E-state index is 12.6. The number of nitrogens with one attached hydrogen (secondary N) is 1. The van der Waals surface area contributed by atoms with Gasteiger partial charge in [-0.3, -0.25) is 0 Å². The zero-order chi connectivity index (χ0) is 18.8. The van der Waals surface area contributed by atoms with Crippen LogP contribution >= 0.6 is 34.8 Å². The number of sulfonamides is 1. The van der Waals surface area contributed by atoms with Crippen molar-refractivity contribution in [3.8, 4) is 11.5 Å². The van der Waals surface area contributed by atoms with Gasteiger partial charge >= 0.3 is 0 Å². The first-order valence-corrected chi connectivity index (χ1v) is 9.70. The zero-order valence-corrected chi connectivity index (χ0v) is 16.7. The van der Waals surface area contributed by atoms with Crippen molar-refractivity contribution in [2.45, 2.75) is 17.9 Å². The largest absolute Gasteiger partial charge is 0.493 e. The van der Waals surface area contributed by atoms with Crippen molar-refractivity contribution in [3.05, 3.63) is 51.0 Å². The van der Waals surface area contributed by atoms with Crippen LogP contribution in [-0.4, -0.2) is 22.6 Å². The Morgan fingerprint density at radius 1 is 0.920 bits per heavy atom. The molecule has 0 heterocycles. The first-order valence-electron chi connectivity index (χ1n) is 7.08. The highest BCUT2D eigenvalue weighted by molar-refractivity contribution is 7.89. The van der Waals surface area contributed by atoms with Crippen molar-refractivity contribution >= 4 is 44.8 Å². The second-order valence-corrected chi connectivity index (χ2v) is 8.06. The summed E-state index contributed by atoms with van der Waals surface area (Å²) in [5.74, 6) is 1.05. The third-order valence-electron chi connectivity index (χ3n) is 3.50. The number of halogens is 3. The number of hydrogen-bond donors (Lipinski definition) is 1. The van der Waals surface area contributed by atoms with Gasteiger partial charge in [0.2, 0.25) is 10.0 Å². The van der Waals surface area contributed by atoms with E-state index in [1.165, 1.54) is 26.4 Å². The van der Waals surface area contributed by atoms with E-state index < -0.39 is 16.1 Å². The maximum Gasteiger partial charge on any atom is 0.242 e. The highest BCUT2D eigenvalue weighted by atomic mass is 35.5. The smallest absolute Gasteiger partial charge is 0.242 e. The molecule has 136 valence electrons. The van der Waals surface area contributed by atoms with Gasteiger partial charge in [0.25, 0.3) is 0 Å². The number of rotatable bonds is 6. The lowest BCUT2D eigenvalue weighted by atomic mass is 10.1. The number of ether oxygens (including phenoxy) is 2. The van der Waals surface area contributed by atoms with Crippen molar-refractivity contribution in [2.75, 3.05) is 14.2 Å². The van der Waals surface area contributed by atoms with Crippen molar-refractivity contribution in [1.82, 2.24) is 4.72 Å². The van der Waals surface area contributed by atoms with Crippen LogP contribution in [-0.2, 0) is 10.0 Å². The van der Waals surface area contributed by atoms with Crippen molar-refractivity contribution in [3.63, 3.8) is 0 Å². The second-order valence-electron chi connectivity index (χ2n) is 5.15. The van der Waals surface area contributed by atoms with E-state index in [9.17, 15) is 8.42 Å². The lowest BCUT2D eigenvalue weighted by Gasteiger charge is -2.17. The Balaban J connectivity index is 2.33. The SMILES string of the molecule is COc1ccc(C(C)NS(=O)(=O)c2cc(Cl)c(Cl)cc2Cl)cc1OC. The van der Waals surface area contributed by atoms with Gasteiger partial charge in [0.1, 0.15) is 4.90 Å². The van der Waals surface area contributed by atoms with Gasteiger partial charge in [-0.05, 0) is 36.8 Å². The Bertz CT molecular complexity index is 887. The molecular formula is C16H16Cl3NO4S. The summed E-state index contributed by atoms with van der Waals surface area (Å²) in [5.41, 5.74) is 0.692. The zero-order valence-electron chi connectivity index (χ0n) is 13.6. The molecule has 5 nitrogen and oxygen atoms in total. The average molecular weight is 425 g/mol. The van der Waals surface area contributed by atoms with Crippen LogP contribution < -0.4 is 14.2 Å². The predicted molar refractivity (Wildman–Crippen MR) is 99.8 cm³/mol. The Morgan fingerprint density at radius 3 is 2.12 bits per heavy atom. The van der Waals surface area contributed by atoms with E-state index in [0.29, 0.717) is 17.1 Å². The minimum Gasteiger partial charge on any atom is -0.493 e. The number of hydrogen-bond acceptors (Lipinski definition) is 4. The first-order chi connectivity index (χ1) is 11.7. The molecule has 0 radical (unpaired) electrons. The molecule has 0 aliphatic heterocycles. The molecule has 2 rings (SSSR count). The van der Waals surface area contributed by atoms with Gasteiger partial charge in [0.05, 0.1) is 29.3 Å². The lowest BCUT2D eigenvalue weighted by molar-refractivity contribution is 0.354. The maximum absolute atomic E-state index is 12.6. The molecule has 0 bridgehead atoms. The number of benzene rings is 2. The Hall–Kier alpha value is -1.18. The van der Waals surface area contributed by atoms with Crippen LogP contribution in [0.15, 0.2) is 35.2 Å². The molecule has 2 aromatic rings. The van der Waals surface area contributed by atoms with Gasteiger partial charge in [-0.1, -0.05) is 40.9 Å². The number of methoxy groups -OCH3 is 2. The summed E-state index contributed by atoms with van der Waals surface area (Å²) in [6, 6.07) is 7.10. The summed E-state index contributed by atoms with van der Waals surface area (Å²) in [4.78, 5) is -0.143. The molecule has 0 amide bonds. The summed E-state index contributed by atoms with van der Waals surface area (Å²) in [7, 11) is -0.880. The van der Waals surface area contributed by atoms with E-state index in [1.807, 2.05) is 0 Å². The third-order valence-corrected chi connectivity index (χ3v) is 6.23. The average Bonchev–Trinajstić information content (AvgIpc) is 2.56. The quantitative estimate of drug-likeness (QED) is 0.682. The lowest BCUT2D eigenvalue weighted by Crippen LogP contribution is -2.27. The second kappa shape index (κ2) is 8.01. The minimum absolute atomic E-state index is 0.0126. The summed E-state index contributed by atoms with van der Waals surface area (Å²) in [6.07, 6.45) is 0. The topological polar surface area (TPSA) is 64.6 Å². The summed E-state index contributed by atoms with van der Waals surface area (Å²) in [5, 5.41) is 0.269. The van der Waals surface area contributed by atoms with Crippen molar-refractivity contribution in [2.24, 2.45) is 0 Å². The van der Waals surface area contributed by atoms with Crippen molar-refractivity contribution < 1.29 is 17.9 Å². The molecule has 0 aromatic heterocycles. The predicted octanol–water partition coefficient (Wildman–Crippen LogP) is 4.70. The van der Waals surface area contributed by atoms with Gasteiger partial charge in [-0.2, -0.15) is 0 Å². The standard InChI is InChI=1S/C16H16Cl3NO4S/c1-9(10-4-5-14(23-2)15(6-10)24-3)20-25(21,22)16-8-12(18)11(17)7-13(16)19/h4-9,20H,1-3H3. The van der Waals surface area contributed by atoms with Crippen LogP contribution in [0.3, 0.4) is 0 Å². The molecule has 2 aromatic carbocycles. The van der Waals surface area contributed by atoms with E-state index in [4.69, 9.17) is 44.3 Å². The highest BCUT2D eigenvalue weighted by Gasteiger charge is 2.23. The van der Waals surface area contributed by atoms with Crippen LogP contribution in [0.5, 0.6) is 11.5 Å². The molecule has 0 aliphatic rings. The monoisotopic (exact) mass is 423 g/mol. The summed E-state index contributed by atoms with van der Waals surface area (Å²) >= 11 is 17.8. The van der Waals surface area contributed by atoms with Gasteiger partial charge in [0, 0.05) is 6.04 Å². The van der Waals surface area contributed by atoms with Gasteiger partial charge in [-0.15, -0.1) is 0 Å². The third kappa shape index (κ3) is 4.51. The van der Waals surface area contributed by atoms with Crippen LogP contribution in [0, 0.1) is 0 Å². The summed E-state index contributed by atoms with van der Waals surface area (Å²) in [6.45, 7) is 1.70. The van der Waals surface area contributed by atoms with Gasteiger partial charge in [-0.25, -0.2) is 13.1 Å². The van der Waals surface area contributed by atoms with Gasteiger partial charge < -0.3 is 9.47 Å². The van der Waals surface area contributed by atoms with Crippen LogP contribution in [0.25, 0.3) is 0 Å². The van der Waals surface area contributed by atoms with E-state index in [0.717, 1.165) is 0 Å². The molecule has 1 unspecified atom stereocenters. The fraction of sp³-hybridized carbons (Fsp3) is 0.250. The fourth-order valence-corrected chi connectivity index (χ4v) is 4.43. The molecule has 0 aliphatic carbocycles. The molecule has 0 saturated heterocycles. The normalized spacial score (nSPS) is 12.7. The molecule has 0 saturated carbocycles. The molecule has 1 N–H and O–H groups in total. The fourth-order valence-electron chi connectivity index (χ4n) is 2.20. The molecule has 25 heavy (non-hydrogen) atoms. The van der Waals surface area contributed by atoms with Crippen molar-refractivity contribution in [1.29, 1.82) is 0 Å². The minimum atomic E-state index is -3.91.